The monoisotopic (exact) mass is 378 g/mol. The molecule has 0 fully saturated rings. The van der Waals surface area contributed by atoms with Crippen LogP contribution in [-0.4, -0.2) is 16.0 Å². The summed E-state index contributed by atoms with van der Waals surface area (Å²) < 4.78 is 6.11. The Bertz CT molecular complexity index is 1090. The van der Waals surface area contributed by atoms with Gasteiger partial charge in [0.25, 0.3) is 5.91 Å². The van der Waals surface area contributed by atoms with Crippen molar-refractivity contribution in [2.75, 3.05) is 10.6 Å². The minimum absolute atomic E-state index is 0.213. The van der Waals surface area contributed by atoms with E-state index in [1.165, 1.54) is 0 Å². The molecule has 4 aromatic rings. The number of benzene rings is 2. The summed E-state index contributed by atoms with van der Waals surface area (Å²) in [6.45, 7) is 3.76. The average molecular weight is 378 g/mol. The lowest BCUT2D eigenvalue weighted by Gasteiger charge is -2.19. The molecule has 2 heterocycles. The summed E-state index contributed by atoms with van der Waals surface area (Å²) in [7, 11) is 0. The second-order valence-electron chi connectivity index (χ2n) is 6.22. The summed E-state index contributed by atoms with van der Waals surface area (Å²) >= 11 is 1.63. The number of aromatic nitrogens is 2. The topological polar surface area (TPSA) is 80.0 Å². The van der Waals surface area contributed by atoms with Gasteiger partial charge in [-0.2, -0.15) is 0 Å². The standard InChI is InChI=1S/C20H18N4O2S/c1-12-10-18(24-26-12)23-20(25)19(14-6-4-3-5-7-14)22-15-8-9-16-17(11-15)27-13(2)21-16/h3-11,19,22H,1-2H3,(H,23,24,25)/t19-/m1/s1. The van der Waals surface area contributed by atoms with E-state index in [9.17, 15) is 4.79 Å². The number of fused-ring (bicyclic) bond motifs is 1. The van der Waals surface area contributed by atoms with Crippen molar-refractivity contribution in [2.45, 2.75) is 19.9 Å². The lowest BCUT2D eigenvalue weighted by Crippen LogP contribution is -2.27. The van der Waals surface area contributed by atoms with E-state index >= 15 is 0 Å². The Labute approximate surface area is 160 Å². The van der Waals surface area contributed by atoms with Crippen LogP contribution in [0.15, 0.2) is 59.1 Å². The van der Waals surface area contributed by atoms with Crippen molar-refractivity contribution in [2.24, 2.45) is 0 Å². The molecular weight excluding hydrogens is 360 g/mol. The fourth-order valence-corrected chi connectivity index (χ4v) is 3.73. The molecule has 0 bridgehead atoms. The van der Waals surface area contributed by atoms with Crippen molar-refractivity contribution in [1.29, 1.82) is 0 Å². The van der Waals surface area contributed by atoms with Crippen LogP contribution in [0.5, 0.6) is 0 Å². The SMILES string of the molecule is Cc1cc(NC(=O)[C@H](Nc2ccc3nc(C)sc3c2)c2ccccc2)no1. The van der Waals surface area contributed by atoms with Crippen molar-refractivity contribution < 1.29 is 9.32 Å². The number of carbonyl (C=O) groups is 1. The van der Waals surface area contributed by atoms with Crippen LogP contribution in [-0.2, 0) is 4.79 Å². The van der Waals surface area contributed by atoms with Gasteiger partial charge in [-0.3, -0.25) is 4.79 Å². The molecule has 1 atom stereocenters. The highest BCUT2D eigenvalue weighted by Crippen LogP contribution is 2.28. The van der Waals surface area contributed by atoms with Gasteiger partial charge in [0.05, 0.1) is 15.2 Å². The molecule has 2 N–H and O–H groups in total. The largest absolute Gasteiger partial charge is 0.370 e. The Morgan fingerprint density at radius 3 is 2.67 bits per heavy atom. The van der Waals surface area contributed by atoms with E-state index in [0.29, 0.717) is 11.6 Å². The van der Waals surface area contributed by atoms with Crippen LogP contribution < -0.4 is 10.6 Å². The van der Waals surface area contributed by atoms with Crippen LogP contribution in [0.1, 0.15) is 22.4 Å². The number of hydrogen-bond donors (Lipinski definition) is 2. The number of nitrogens with one attached hydrogen (secondary N) is 2. The van der Waals surface area contributed by atoms with Crippen molar-refractivity contribution in [3.05, 3.63) is 70.9 Å². The number of thiazole rings is 1. The molecule has 136 valence electrons. The van der Waals surface area contributed by atoms with E-state index in [0.717, 1.165) is 26.5 Å². The summed E-state index contributed by atoms with van der Waals surface area (Å²) in [5.41, 5.74) is 2.67. The van der Waals surface area contributed by atoms with Crippen LogP contribution in [0.25, 0.3) is 10.2 Å². The number of nitrogens with zero attached hydrogens (tertiary/aromatic N) is 2. The first-order chi connectivity index (χ1) is 13.1. The number of carbonyl (C=O) groups excluding carboxylic acids is 1. The molecule has 0 aliphatic heterocycles. The maximum Gasteiger partial charge on any atom is 0.252 e. The van der Waals surface area contributed by atoms with Gasteiger partial charge in [0.2, 0.25) is 0 Å². The predicted octanol–water partition coefficient (Wildman–Crippen LogP) is 4.69. The minimum atomic E-state index is -0.574. The Morgan fingerprint density at radius 1 is 1.11 bits per heavy atom. The maximum atomic E-state index is 12.9. The predicted molar refractivity (Wildman–Crippen MR) is 107 cm³/mol. The molecule has 27 heavy (non-hydrogen) atoms. The highest BCUT2D eigenvalue weighted by molar-refractivity contribution is 7.18. The molecule has 4 rings (SSSR count). The Morgan fingerprint density at radius 2 is 1.93 bits per heavy atom. The van der Waals surface area contributed by atoms with Gasteiger partial charge in [-0.25, -0.2) is 4.98 Å². The maximum absolute atomic E-state index is 12.9. The number of hydrogen-bond acceptors (Lipinski definition) is 6. The quantitative estimate of drug-likeness (QED) is 0.526. The van der Waals surface area contributed by atoms with E-state index < -0.39 is 6.04 Å². The van der Waals surface area contributed by atoms with Gasteiger partial charge in [-0.15, -0.1) is 11.3 Å². The molecule has 0 radical (unpaired) electrons. The Hall–Kier alpha value is -3.19. The van der Waals surface area contributed by atoms with Crippen LogP contribution in [0, 0.1) is 13.8 Å². The molecule has 7 heteroatoms. The van der Waals surface area contributed by atoms with Gasteiger partial charge in [-0.1, -0.05) is 35.5 Å². The van der Waals surface area contributed by atoms with E-state index in [2.05, 4.69) is 20.8 Å². The molecule has 0 aliphatic rings. The normalized spacial score (nSPS) is 12.1. The van der Waals surface area contributed by atoms with Crippen LogP contribution in [0.2, 0.25) is 0 Å². The van der Waals surface area contributed by atoms with E-state index in [1.807, 2.05) is 55.5 Å². The van der Waals surface area contributed by atoms with Crippen molar-refractivity contribution in [3.8, 4) is 0 Å². The van der Waals surface area contributed by atoms with E-state index in [-0.39, 0.29) is 5.91 Å². The molecule has 0 unspecified atom stereocenters. The van der Waals surface area contributed by atoms with Crippen LogP contribution >= 0.6 is 11.3 Å². The second-order valence-corrected chi connectivity index (χ2v) is 7.45. The van der Waals surface area contributed by atoms with Crippen LogP contribution in [0.3, 0.4) is 0 Å². The third-order valence-electron chi connectivity index (χ3n) is 4.08. The van der Waals surface area contributed by atoms with Gasteiger partial charge in [0.15, 0.2) is 5.82 Å². The zero-order chi connectivity index (χ0) is 18.8. The minimum Gasteiger partial charge on any atom is -0.370 e. The highest BCUT2D eigenvalue weighted by Gasteiger charge is 2.22. The molecular formula is C20H18N4O2S. The summed E-state index contributed by atoms with van der Waals surface area (Å²) in [6, 6.07) is 16.6. The molecule has 2 aromatic carbocycles. The van der Waals surface area contributed by atoms with Crippen LogP contribution in [0.4, 0.5) is 11.5 Å². The number of amides is 1. The Balaban J connectivity index is 1.63. The van der Waals surface area contributed by atoms with Crippen molar-refractivity contribution in [1.82, 2.24) is 10.1 Å². The van der Waals surface area contributed by atoms with Gasteiger partial charge < -0.3 is 15.2 Å². The summed E-state index contributed by atoms with van der Waals surface area (Å²) in [4.78, 5) is 17.4. The molecule has 0 saturated heterocycles. The second kappa shape index (κ2) is 7.20. The van der Waals surface area contributed by atoms with Gasteiger partial charge in [-0.05, 0) is 37.6 Å². The molecule has 1 amide bonds. The van der Waals surface area contributed by atoms with Crippen molar-refractivity contribution in [3.63, 3.8) is 0 Å². The number of rotatable bonds is 5. The van der Waals surface area contributed by atoms with Gasteiger partial charge in [0, 0.05) is 11.8 Å². The number of aryl methyl sites for hydroxylation is 2. The Kier molecular flexibility index (Phi) is 4.60. The molecule has 2 aromatic heterocycles. The lowest BCUT2D eigenvalue weighted by atomic mass is 10.1. The molecule has 0 saturated carbocycles. The van der Waals surface area contributed by atoms with Gasteiger partial charge in [0.1, 0.15) is 11.8 Å². The third-order valence-corrected chi connectivity index (χ3v) is 5.01. The third kappa shape index (κ3) is 3.83. The molecule has 6 nitrogen and oxygen atoms in total. The zero-order valence-corrected chi connectivity index (χ0v) is 15.7. The molecule has 0 spiro atoms. The highest BCUT2D eigenvalue weighted by atomic mass is 32.1. The van der Waals surface area contributed by atoms with Gasteiger partial charge >= 0.3 is 0 Å². The summed E-state index contributed by atoms with van der Waals surface area (Å²) in [5, 5.41) is 11.0. The van der Waals surface area contributed by atoms with E-state index in [4.69, 9.17) is 4.52 Å². The zero-order valence-electron chi connectivity index (χ0n) is 14.9. The fraction of sp³-hybridized carbons (Fsp3) is 0.150. The first-order valence-electron chi connectivity index (χ1n) is 8.51. The first-order valence-corrected chi connectivity index (χ1v) is 9.33. The number of anilines is 2. The fourth-order valence-electron chi connectivity index (χ4n) is 2.87. The van der Waals surface area contributed by atoms with E-state index in [1.54, 1.807) is 24.3 Å². The summed E-state index contributed by atoms with van der Waals surface area (Å²) in [6.07, 6.45) is 0. The molecule has 0 aliphatic carbocycles. The lowest BCUT2D eigenvalue weighted by molar-refractivity contribution is -0.117. The smallest absolute Gasteiger partial charge is 0.252 e. The van der Waals surface area contributed by atoms with Crippen molar-refractivity contribution >= 4 is 39.0 Å². The average Bonchev–Trinajstić information content (AvgIpc) is 3.24. The first kappa shape index (κ1) is 17.2. The summed E-state index contributed by atoms with van der Waals surface area (Å²) in [5.74, 6) is 0.824.